The number of hydrogen-bond donors (Lipinski definition) is 0. The van der Waals surface area contributed by atoms with Crippen molar-refractivity contribution in [1.82, 2.24) is 14.9 Å². The number of benzene rings is 1. The van der Waals surface area contributed by atoms with E-state index in [0.29, 0.717) is 13.1 Å². The lowest BCUT2D eigenvalue weighted by Crippen LogP contribution is -2.49. The SMILES string of the molecule is Cc1ccc(C(=O)N2CCN(c3cc(N4CCOCC4)ncn3)CC2)cc1. The van der Waals surface area contributed by atoms with E-state index in [-0.39, 0.29) is 5.91 Å². The molecular formula is C20H25N5O2. The molecule has 0 bridgehead atoms. The Morgan fingerprint density at radius 1 is 0.889 bits per heavy atom. The highest BCUT2D eigenvalue weighted by molar-refractivity contribution is 5.94. The molecule has 142 valence electrons. The van der Waals surface area contributed by atoms with Gasteiger partial charge in [0.2, 0.25) is 0 Å². The average Bonchev–Trinajstić information content (AvgIpc) is 2.75. The molecule has 3 heterocycles. The maximum absolute atomic E-state index is 12.7. The van der Waals surface area contributed by atoms with Crippen LogP contribution >= 0.6 is 0 Å². The normalized spacial score (nSPS) is 17.9. The molecule has 0 radical (unpaired) electrons. The van der Waals surface area contributed by atoms with E-state index in [1.807, 2.05) is 42.2 Å². The van der Waals surface area contributed by atoms with Crippen molar-refractivity contribution in [3.63, 3.8) is 0 Å². The Labute approximate surface area is 159 Å². The summed E-state index contributed by atoms with van der Waals surface area (Å²) in [5.74, 6) is 1.97. The van der Waals surface area contributed by atoms with Gasteiger partial charge in [-0.2, -0.15) is 0 Å². The van der Waals surface area contributed by atoms with Crippen molar-refractivity contribution in [2.24, 2.45) is 0 Å². The van der Waals surface area contributed by atoms with Gasteiger partial charge in [-0.3, -0.25) is 4.79 Å². The minimum Gasteiger partial charge on any atom is -0.378 e. The molecule has 4 rings (SSSR count). The van der Waals surface area contributed by atoms with Gasteiger partial charge in [-0.15, -0.1) is 0 Å². The lowest BCUT2D eigenvalue weighted by atomic mass is 10.1. The molecule has 0 atom stereocenters. The summed E-state index contributed by atoms with van der Waals surface area (Å²) in [5.41, 5.74) is 1.92. The summed E-state index contributed by atoms with van der Waals surface area (Å²) in [6.07, 6.45) is 1.63. The number of ether oxygens (including phenoxy) is 1. The number of anilines is 2. The fraction of sp³-hybridized carbons (Fsp3) is 0.450. The summed E-state index contributed by atoms with van der Waals surface area (Å²) in [6.45, 7) is 8.16. The Bertz CT molecular complexity index is 781. The second-order valence-corrected chi connectivity index (χ2v) is 6.98. The lowest BCUT2D eigenvalue weighted by Gasteiger charge is -2.36. The van der Waals surface area contributed by atoms with Crippen molar-refractivity contribution in [2.45, 2.75) is 6.92 Å². The Morgan fingerprint density at radius 3 is 2.11 bits per heavy atom. The van der Waals surface area contributed by atoms with Gasteiger partial charge >= 0.3 is 0 Å². The Kier molecular flexibility index (Phi) is 5.20. The second-order valence-electron chi connectivity index (χ2n) is 6.98. The number of rotatable bonds is 3. The quantitative estimate of drug-likeness (QED) is 0.821. The van der Waals surface area contributed by atoms with Crippen molar-refractivity contribution >= 4 is 17.5 Å². The highest BCUT2D eigenvalue weighted by Crippen LogP contribution is 2.20. The molecule has 2 aromatic rings. The number of amides is 1. The summed E-state index contributed by atoms with van der Waals surface area (Å²) in [6, 6.07) is 9.82. The first-order valence-electron chi connectivity index (χ1n) is 9.46. The van der Waals surface area contributed by atoms with Crippen LogP contribution in [0.4, 0.5) is 11.6 Å². The third-order valence-corrected chi connectivity index (χ3v) is 5.16. The van der Waals surface area contributed by atoms with Crippen LogP contribution in [0.1, 0.15) is 15.9 Å². The van der Waals surface area contributed by atoms with Crippen LogP contribution in [0.15, 0.2) is 36.7 Å². The van der Waals surface area contributed by atoms with Crippen LogP contribution in [0.25, 0.3) is 0 Å². The van der Waals surface area contributed by atoms with Crippen molar-refractivity contribution < 1.29 is 9.53 Å². The van der Waals surface area contributed by atoms with Crippen LogP contribution in [0.2, 0.25) is 0 Å². The molecule has 0 spiro atoms. The fourth-order valence-corrected chi connectivity index (χ4v) is 3.49. The zero-order valence-electron chi connectivity index (χ0n) is 15.7. The third-order valence-electron chi connectivity index (χ3n) is 5.16. The molecule has 7 nitrogen and oxygen atoms in total. The second kappa shape index (κ2) is 7.92. The summed E-state index contributed by atoms with van der Waals surface area (Å²) in [7, 11) is 0. The molecular weight excluding hydrogens is 342 g/mol. The van der Waals surface area contributed by atoms with Gasteiger partial charge in [0.1, 0.15) is 18.0 Å². The van der Waals surface area contributed by atoms with Crippen LogP contribution in [-0.2, 0) is 4.74 Å². The predicted octanol–water partition coefficient (Wildman–Crippen LogP) is 1.58. The van der Waals surface area contributed by atoms with Gasteiger partial charge in [0.15, 0.2) is 0 Å². The monoisotopic (exact) mass is 367 g/mol. The van der Waals surface area contributed by atoms with E-state index in [4.69, 9.17) is 4.74 Å². The molecule has 0 saturated carbocycles. The predicted molar refractivity (Wildman–Crippen MR) is 104 cm³/mol. The molecule has 0 aliphatic carbocycles. The molecule has 2 aliphatic rings. The Morgan fingerprint density at radius 2 is 1.48 bits per heavy atom. The molecule has 1 amide bonds. The number of aromatic nitrogens is 2. The zero-order valence-corrected chi connectivity index (χ0v) is 15.7. The van der Waals surface area contributed by atoms with Gasteiger partial charge in [-0.1, -0.05) is 17.7 Å². The average molecular weight is 367 g/mol. The molecule has 1 aromatic heterocycles. The minimum absolute atomic E-state index is 0.103. The van der Waals surface area contributed by atoms with Gasteiger partial charge in [-0.25, -0.2) is 9.97 Å². The van der Waals surface area contributed by atoms with E-state index in [1.54, 1.807) is 6.33 Å². The molecule has 2 aliphatic heterocycles. The number of hydrogen-bond acceptors (Lipinski definition) is 6. The Hall–Kier alpha value is -2.67. The van der Waals surface area contributed by atoms with Gasteiger partial charge in [0.05, 0.1) is 13.2 Å². The molecule has 0 unspecified atom stereocenters. The van der Waals surface area contributed by atoms with Crippen molar-refractivity contribution in [1.29, 1.82) is 0 Å². The summed E-state index contributed by atoms with van der Waals surface area (Å²) in [5, 5.41) is 0. The van der Waals surface area contributed by atoms with Gasteiger partial charge in [-0.05, 0) is 19.1 Å². The first-order chi connectivity index (χ1) is 13.2. The number of carbonyl (C=O) groups is 1. The number of morpholine rings is 1. The van der Waals surface area contributed by atoms with Crippen LogP contribution in [-0.4, -0.2) is 73.3 Å². The maximum Gasteiger partial charge on any atom is 0.253 e. The summed E-state index contributed by atoms with van der Waals surface area (Å²) < 4.78 is 5.41. The lowest BCUT2D eigenvalue weighted by molar-refractivity contribution is 0.0746. The van der Waals surface area contributed by atoms with E-state index in [2.05, 4.69) is 19.8 Å². The topological polar surface area (TPSA) is 61.8 Å². The fourth-order valence-electron chi connectivity index (χ4n) is 3.49. The van der Waals surface area contributed by atoms with Crippen molar-refractivity contribution in [3.05, 3.63) is 47.8 Å². The zero-order chi connectivity index (χ0) is 18.6. The van der Waals surface area contributed by atoms with Crippen LogP contribution in [0.5, 0.6) is 0 Å². The molecule has 27 heavy (non-hydrogen) atoms. The highest BCUT2D eigenvalue weighted by atomic mass is 16.5. The highest BCUT2D eigenvalue weighted by Gasteiger charge is 2.23. The first-order valence-corrected chi connectivity index (χ1v) is 9.46. The van der Waals surface area contributed by atoms with E-state index in [0.717, 1.165) is 62.2 Å². The van der Waals surface area contributed by atoms with Crippen molar-refractivity contribution in [2.75, 3.05) is 62.3 Å². The molecule has 2 fully saturated rings. The van der Waals surface area contributed by atoms with Gasteiger partial charge < -0.3 is 19.4 Å². The summed E-state index contributed by atoms with van der Waals surface area (Å²) in [4.78, 5) is 27.9. The van der Waals surface area contributed by atoms with Crippen LogP contribution < -0.4 is 9.80 Å². The standard InChI is InChI=1S/C20H25N5O2/c1-16-2-4-17(5-3-16)20(26)25-8-6-23(7-9-25)18-14-19(22-15-21-18)24-10-12-27-13-11-24/h2-5,14-15H,6-13H2,1H3. The van der Waals surface area contributed by atoms with Crippen LogP contribution in [0.3, 0.4) is 0 Å². The van der Waals surface area contributed by atoms with E-state index >= 15 is 0 Å². The molecule has 7 heteroatoms. The number of piperazine rings is 1. The first kappa shape index (κ1) is 17.7. The van der Waals surface area contributed by atoms with E-state index in [1.165, 1.54) is 0 Å². The van der Waals surface area contributed by atoms with E-state index < -0.39 is 0 Å². The maximum atomic E-state index is 12.7. The Balaban J connectivity index is 1.39. The number of aryl methyl sites for hydroxylation is 1. The number of nitrogens with zero attached hydrogens (tertiary/aromatic N) is 5. The minimum atomic E-state index is 0.103. The van der Waals surface area contributed by atoms with Gasteiger partial charge in [0.25, 0.3) is 5.91 Å². The largest absolute Gasteiger partial charge is 0.378 e. The molecule has 2 saturated heterocycles. The smallest absolute Gasteiger partial charge is 0.253 e. The van der Waals surface area contributed by atoms with Crippen molar-refractivity contribution in [3.8, 4) is 0 Å². The molecule has 1 aromatic carbocycles. The van der Waals surface area contributed by atoms with E-state index in [9.17, 15) is 4.79 Å². The summed E-state index contributed by atoms with van der Waals surface area (Å²) >= 11 is 0. The van der Waals surface area contributed by atoms with Crippen LogP contribution in [0, 0.1) is 6.92 Å². The van der Waals surface area contributed by atoms with Gasteiger partial charge in [0, 0.05) is 50.9 Å². The molecule has 0 N–H and O–H groups in total. The third kappa shape index (κ3) is 4.03. The number of carbonyl (C=O) groups excluding carboxylic acids is 1.